The zero-order valence-corrected chi connectivity index (χ0v) is 13.6. The summed E-state index contributed by atoms with van der Waals surface area (Å²) in [6.45, 7) is 0.317. The summed E-state index contributed by atoms with van der Waals surface area (Å²) in [5, 5.41) is 8.91. The number of rotatable bonds is 4. The number of carbonyl (C=O) groups is 1. The molecule has 0 radical (unpaired) electrons. The molecule has 0 aromatic carbocycles. The van der Waals surface area contributed by atoms with Gasteiger partial charge in [0.05, 0.1) is 6.42 Å². The number of sulfonamides is 1. The number of aliphatic carboxylic acids is 1. The minimum atomic E-state index is -3.72. The van der Waals surface area contributed by atoms with E-state index in [0.29, 0.717) is 22.5 Å². The van der Waals surface area contributed by atoms with E-state index in [9.17, 15) is 13.2 Å². The standard InChI is InChI=1S/C11H13BrN2O4S2/c12-8-3-10(6-13-5-8)20(17,18)14-1-2-19-7-9(14)4-11(15)16/h3,5-6,9H,1-2,4,7H2,(H,15,16). The molecular formula is C11H13BrN2O4S2. The lowest BCUT2D eigenvalue weighted by atomic mass is 10.2. The summed E-state index contributed by atoms with van der Waals surface area (Å²) in [5.41, 5.74) is 0. The molecular weight excluding hydrogens is 368 g/mol. The number of thioether (sulfide) groups is 1. The maximum absolute atomic E-state index is 12.6. The first kappa shape index (κ1) is 15.7. The van der Waals surface area contributed by atoms with Gasteiger partial charge in [-0.25, -0.2) is 8.42 Å². The van der Waals surface area contributed by atoms with E-state index in [4.69, 9.17) is 5.11 Å². The summed E-state index contributed by atoms with van der Waals surface area (Å²) < 4.78 is 27.0. The van der Waals surface area contributed by atoms with Gasteiger partial charge in [-0.3, -0.25) is 9.78 Å². The molecule has 1 aromatic rings. The molecule has 1 aliphatic rings. The van der Waals surface area contributed by atoms with Crippen LogP contribution in [-0.2, 0) is 14.8 Å². The molecule has 1 unspecified atom stereocenters. The second-order valence-electron chi connectivity index (χ2n) is 4.28. The SMILES string of the molecule is O=C(O)CC1CSCCN1S(=O)(=O)c1cncc(Br)c1. The first-order valence-corrected chi connectivity index (χ1v) is 9.22. The molecule has 20 heavy (non-hydrogen) atoms. The smallest absolute Gasteiger partial charge is 0.305 e. The van der Waals surface area contributed by atoms with Crippen molar-refractivity contribution in [3.63, 3.8) is 0 Å². The maximum atomic E-state index is 12.6. The average Bonchev–Trinajstić information content (AvgIpc) is 2.38. The average molecular weight is 381 g/mol. The highest BCUT2D eigenvalue weighted by Crippen LogP contribution is 2.27. The zero-order valence-electron chi connectivity index (χ0n) is 10.4. The summed E-state index contributed by atoms with van der Waals surface area (Å²) in [7, 11) is -3.72. The molecule has 0 aliphatic carbocycles. The fourth-order valence-electron chi connectivity index (χ4n) is 1.99. The van der Waals surface area contributed by atoms with Crippen molar-refractivity contribution in [1.29, 1.82) is 0 Å². The molecule has 1 aromatic heterocycles. The Bertz CT molecular complexity index is 608. The van der Waals surface area contributed by atoms with Gasteiger partial charge in [0.25, 0.3) is 0 Å². The zero-order chi connectivity index (χ0) is 14.8. The summed E-state index contributed by atoms with van der Waals surface area (Å²) in [6.07, 6.45) is 2.59. The van der Waals surface area contributed by atoms with Crippen molar-refractivity contribution >= 4 is 43.7 Å². The minimum absolute atomic E-state index is 0.0779. The molecule has 2 heterocycles. The van der Waals surface area contributed by atoms with E-state index >= 15 is 0 Å². The highest BCUT2D eigenvalue weighted by molar-refractivity contribution is 9.10. The monoisotopic (exact) mass is 380 g/mol. The van der Waals surface area contributed by atoms with E-state index in [1.165, 1.54) is 22.8 Å². The molecule has 1 N–H and O–H groups in total. The summed E-state index contributed by atoms with van der Waals surface area (Å²) in [6, 6.07) is 0.956. The first-order chi connectivity index (χ1) is 9.41. The van der Waals surface area contributed by atoms with Crippen molar-refractivity contribution in [3.8, 4) is 0 Å². The van der Waals surface area contributed by atoms with E-state index < -0.39 is 22.0 Å². The molecule has 1 atom stereocenters. The quantitative estimate of drug-likeness (QED) is 0.849. The lowest BCUT2D eigenvalue weighted by molar-refractivity contribution is -0.137. The van der Waals surface area contributed by atoms with Crippen molar-refractivity contribution < 1.29 is 18.3 Å². The second kappa shape index (κ2) is 6.42. The molecule has 110 valence electrons. The van der Waals surface area contributed by atoms with Gasteiger partial charge in [-0.1, -0.05) is 0 Å². The molecule has 1 fully saturated rings. The van der Waals surface area contributed by atoms with Crippen molar-refractivity contribution in [2.75, 3.05) is 18.1 Å². The van der Waals surface area contributed by atoms with Crippen LogP contribution >= 0.6 is 27.7 Å². The predicted octanol–water partition coefficient (Wildman–Crippen LogP) is 1.42. The Morgan fingerprint density at radius 3 is 2.95 bits per heavy atom. The van der Waals surface area contributed by atoms with Crippen molar-refractivity contribution in [2.45, 2.75) is 17.4 Å². The van der Waals surface area contributed by atoms with Gasteiger partial charge >= 0.3 is 5.97 Å². The van der Waals surface area contributed by atoms with Gasteiger partial charge in [0.15, 0.2) is 0 Å². The number of carboxylic acids is 1. The molecule has 1 aliphatic heterocycles. The van der Waals surface area contributed by atoms with Crippen LogP contribution < -0.4 is 0 Å². The number of aromatic nitrogens is 1. The van der Waals surface area contributed by atoms with Crippen molar-refractivity contribution in [2.24, 2.45) is 0 Å². The number of nitrogens with zero attached hydrogens (tertiary/aromatic N) is 2. The minimum Gasteiger partial charge on any atom is -0.481 e. The molecule has 0 spiro atoms. The Kier molecular flexibility index (Phi) is 5.05. The van der Waals surface area contributed by atoms with Gasteiger partial charge in [-0.15, -0.1) is 0 Å². The third kappa shape index (κ3) is 3.51. The lowest BCUT2D eigenvalue weighted by Crippen LogP contribution is -2.47. The third-order valence-electron chi connectivity index (χ3n) is 2.87. The second-order valence-corrected chi connectivity index (χ2v) is 8.24. The largest absolute Gasteiger partial charge is 0.481 e. The van der Waals surface area contributed by atoms with E-state index in [1.807, 2.05) is 0 Å². The van der Waals surface area contributed by atoms with E-state index in [-0.39, 0.29) is 11.3 Å². The Hall–Kier alpha value is -0.640. The molecule has 9 heteroatoms. The van der Waals surface area contributed by atoms with Gasteiger partial charge < -0.3 is 5.11 Å². The van der Waals surface area contributed by atoms with Gasteiger partial charge in [-0.05, 0) is 22.0 Å². The highest BCUT2D eigenvalue weighted by atomic mass is 79.9. The molecule has 0 bridgehead atoms. The van der Waals surface area contributed by atoms with Crippen LogP contribution in [0.3, 0.4) is 0 Å². The van der Waals surface area contributed by atoms with E-state index in [1.54, 1.807) is 11.8 Å². The van der Waals surface area contributed by atoms with Crippen LogP contribution in [0.2, 0.25) is 0 Å². The molecule has 0 amide bonds. The van der Waals surface area contributed by atoms with Crippen LogP contribution in [0.25, 0.3) is 0 Å². The Morgan fingerprint density at radius 2 is 2.30 bits per heavy atom. The van der Waals surface area contributed by atoms with Gasteiger partial charge in [-0.2, -0.15) is 16.1 Å². The van der Waals surface area contributed by atoms with Crippen LogP contribution in [0.1, 0.15) is 6.42 Å². The number of halogens is 1. The van der Waals surface area contributed by atoms with Crippen LogP contribution in [0.15, 0.2) is 27.8 Å². The maximum Gasteiger partial charge on any atom is 0.305 e. The first-order valence-electron chi connectivity index (χ1n) is 5.83. The summed E-state index contributed by atoms with van der Waals surface area (Å²) >= 11 is 4.76. The van der Waals surface area contributed by atoms with Gasteiger partial charge in [0.2, 0.25) is 10.0 Å². The van der Waals surface area contributed by atoms with Gasteiger partial charge in [0.1, 0.15) is 4.90 Å². The molecule has 2 rings (SSSR count). The van der Waals surface area contributed by atoms with E-state index in [2.05, 4.69) is 20.9 Å². The summed E-state index contributed by atoms with van der Waals surface area (Å²) in [5.74, 6) is 0.161. The Morgan fingerprint density at radius 1 is 1.55 bits per heavy atom. The fraction of sp³-hybridized carbons (Fsp3) is 0.455. The normalized spacial score (nSPS) is 20.8. The highest BCUT2D eigenvalue weighted by Gasteiger charge is 2.35. The van der Waals surface area contributed by atoms with Crippen LogP contribution in [0.5, 0.6) is 0 Å². The molecule has 1 saturated heterocycles. The molecule has 6 nitrogen and oxygen atoms in total. The third-order valence-corrected chi connectivity index (χ3v) is 6.31. The Balaban J connectivity index is 2.33. The lowest BCUT2D eigenvalue weighted by Gasteiger charge is -2.33. The van der Waals surface area contributed by atoms with Crippen LogP contribution in [0.4, 0.5) is 0 Å². The number of hydrogen-bond donors (Lipinski definition) is 1. The predicted molar refractivity (Wildman–Crippen MR) is 79.2 cm³/mol. The van der Waals surface area contributed by atoms with Crippen molar-refractivity contribution in [1.82, 2.24) is 9.29 Å². The Labute approximate surface area is 129 Å². The number of pyridine rings is 1. The molecule has 0 saturated carbocycles. The van der Waals surface area contributed by atoms with Crippen LogP contribution in [-0.4, -0.2) is 52.9 Å². The van der Waals surface area contributed by atoms with Gasteiger partial charge in [0, 0.05) is 41.0 Å². The number of hydrogen-bond acceptors (Lipinski definition) is 5. The van der Waals surface area contributed by atoms with Crippen molar-refractivity contribution in [3.05, 3.63) is 22.9 Å². The topological polar surface area (TPSA) is 87.6 Å². The van der Waals surface area contributed by atoms with Crippen LogP contribution in [0, 0.1) is 0 Å². The number of carboxylic acid groups (broad SMARTS) is 1. The summed E-state index contributed by atoms with van der Waals surface area (Å²) in [4.78, 5) is 14.8. The fourth-order valence-corrected chi connectivity index (χ4v) is 5.39. The van der Waals surface area contributed by atoms with E-state index in [0.717, 1.165) is 0 Å².